The molecule has 0 radical (unpaired) electrons. The van der Waals surface area contributed by atoms with Crippen molar-refractivity contribution in [2.24, 2.45) is 17.2 Å². The van der Waals surface area contributed by atoms with Crippen LogP contribution < -0.4 is 17.2 Å². The molecule has 132 valence electrons. The average Bonchev–Trinajstić information content (AvgIpc) is 3.00. The van der Waals surface area contributed by atoms with E-state index in [0.29, 0.717) is 5.69 Å². The molecule has 23 heavy (non-hydrogen) atoms. The molecule has 0 aromatic carbocycles. The summed E-state index contributed by atoms with van der Waals surface area (Å²) in [6, 6.07) is -1.99. The Bertz CT molecular complexity index is 465. The molecule has 0 aliphatic rings. The third-order valence-corrected chi connectivity index (χ3v) is 1.99. The highest BCUT2D eigenvalue weighted by Gasteiger charge is 2.12. The molecule has 0 fully saturated rings. The second-order valence-corrected chi connectivity index (χ2v) is 3.93. The van der Waals surface area contributed by atoms with Gasteiger partial charge in [-0.1, -0.05) is 0 Å². The maximum atomic E-state index is 10.3. The van der Waals surface area contributed by atoms with Gasteiger partial charge >= 0.3 is 17.9 Å². The zero-order chi connectivity index (χ0) is 18.4. The van der Waals surface area contributed by atoms with Gasteiger partial charge in [-0.05, 0) is 0 Å². The van der Waals surface area contributed by atoms with Crippen LogP contribution in [-0.2, 0) is 20.8 Å². The number of rotatable bonds is 6. The molecule has 11 N–H and O–H groups in total. The van der Waals surface area contributed by atoms with Gasteiger partial charge in [0, 0.05) is 12.6 Å². The standard InChI is InChI=1S/C6H9N3O2.C3H7NO3.C2H5NO2/c7-5(6(10)11)1-4-2-8-3-9-4;4-2(1-5)3(6)7;3-1-2(4)5/h2-3,5H,1,7H2,(H,8,9)(H,10,11);2,5H,1,4H2,(H,6,7);1,3H2,(H,4,5)/t5-;2-;/m00./s1. The fourth-order valence-corrected chi connectivity index (χ4v) is 0.793. The predicted molar refractivity (Wildman–Crippen MR) is 77.3 cm³/mol. The van der Waals surface area contributed by atoms with Gasteiger partial charge in [-0.2, -0.15) is 0 Å². The Morgan fingerprint density at radius 3 is 1.83 bits per heavy atom. The first-order valence-electron chi connectivity index (χ1n) is 6.12. The number of hydrogen-bond acceptors (Lipinski definition) is 8. The van der Waals surface area contributed by atoms with Crippen LogP contribution in [0.5, 0.6) is 0 Å². The van der Waals surface area contributed by atoms with Crippen molar-refractivity contribution in [3.8, 4) is 0 Å². The molecule has 1 aromatic rings. The first-order chi connectivity index (χ1) is 10.6. The van der Waals surface area contributed by atoms with E-state index in [-0.39, 0.29) is 13.0 Å². The van der Waals surface area contributed by atoms with Gasteiger partial charge in [0.15, 0.2) is 0 Å². The molecule has 1 heterocycles. The smallest absolute Gasteiger partial charge is 0.322 e. The number of aromatic nitrogens is 2. The quantitative estimate of drug-likeness (QED) is 0.257. The topological polar surface area (TPSA) is 239 Å². The van der Waals surface area contributed by atoms with Crippen LogP contribution in [0.25, 0.3) is 0 Å². The molecule has 12 heteroatoms. The average molecular weight is 335 g/mol. The van der Waals surface area contributed by atoms with Crippen LogP contribution in [0.1, 0.15) is 5.69 Å². The lowest BCUT2D eigenvalue weighted by molar-refractivity contribution is -0.140. The minimum atomic E-state index is -1.18. The van der Waals surface area contributed by atoms with Crippen molar-refractivity contribution >= 4 is 17.9 Å². The number of imidazole rings is 1. The van der Waals surface area contributed by atoms with Gasteiger partial charge in [0.25, 0.3) is 0 Å². The summed E-state index contributed by atoms with van der Waals surface area (Å²) in [6.45, 7) is -0.782. The number of hydrogen-bond donors (Lipinski definition) is 8. The normalized spacial score (nSPS) is 11.8. The molecule has 0 unspecified atom stereocenters. The van der Waals surface area contributed by atoms with E-state index in [1.807, 2.05) is 0 Å². The Balaban J connectivity index is 0. The number of nitrogens with one attached hydrogen (secondary N) is 1. The van der Waals surface area contributed by atoms with Crippen LogP contribution in [0.15, 0.2) is 12.5 Å². The third-order valence-electron chi connectivity index (χ3n) is 1.99. The molecule has 1 aromatic heterocycles. The molecule has 0 saturated heterocycles. The lowest BCUT2D eigenvalue weighted by Crippen LogP contribution is -2.33. The SMILES string of the molecule is NCC(=O)O.N[C@@H](CO)C(=O)O.N[C@@H](Cc1c[nH]cn1)C(=O)O. The van der Waals surface area contributed by atoms with E-state index < -0.39 is 36.6 Å². The zero-order valence-corrected chi connectivity index (χ0v) is 12.1. The van der Waals surface area contributed by atoms with Crippen LogP contribution in [0.3, 0.4) is 0 Å². The molecule has 2 atom stereocenters. The van der Waals surface area contributed by atoms with Crippen molar-refractivity contribution in [1.82, 2.24) is 9.97 Å². The van der Waals surface area contributed by atoms with Crippen molar-refractivity contribution in [2.75, 3.05) is 13.2 Å². The van der Waals surface area contributed by atoms with E-state index >= 15 is 0 Å². The predicted octanol–water partition coefficient (Wildman–Crippen LogP) is -3.22. The lowest BCUT2D eigenvalue weighted by atomic mass is 10.2. The third kappa shape index (κ3) is 14.2. The van der Waals surface area contributed by atoms with Gasteiger partial charge < -0.3 is 42.6 Å². The van der Waals surface area contributed by atoms with Gasteiger partial charge in [0.05, 0.1) is 25.2 Å². The Kier molecular flexibility index (Phi) is 13.0. The number of carboxylic acids is 3. The van der Waals surface area contributed by atoms with Gasteiger partial charge in [-0.15, -0.1) is 0 Å². The van der Waals surface area contributed by atoms with Crippen molar-refractivity contribution in [1.29, 1.82) is 0 Å². The van der Waals surface area contributed by atoms with Crippen molar-refractivity contribution in [2.45, 2.75) is 18.5 Å². The van der Waals surface area contributed by atoms with Gasteiger partial charge in [-0.3, -0.25) is 14.4 Å². The van der Waals surface area contributed by atoms with E-state index in [2.05, 4.69) is 15.7 Å². The van der Waals surface area contributed by atoms with E-state index in [1.165, 1.54) is 6.33 Å². The van der Waals surface area contributed by atoms with Crippen LogP contribution >= 0.6 is 0 Å². The monoisotopic (exact) mass is 335 g/mol. The molecule has 0 saturated carbocycles. The molecule has 0 bridgehead atoms. The van der Waals surface area contributed by atoms with Gasteiger partial charge in [-0.25, -0.2) is 4.98 Å². The summed E-state index contributed by atoms with van der Waals surface area (Å²) in [4.78, 5) is 35.7. The summed E-state index contributed by atoms with van der Waals surface area (Å²) in [5.41, 5.74) is 15.3. The maximum absolute atomic E-state index is 10.3. The van der Waals surface area contributed by atoms with Crippen LogP contribution in [0, 0.1) is 0 Å². The molecule has 0 amide bonds. The molecular weight excluding hydrogens is 314 g/mol. The van der Waals surface area contributed by atoms with E-state index in [0.717, 1.165) is 0 Å². The highest BCUT2D eigenvalue weighted by molar-refractivity contribution is 5.73. The van der Waals surface area contributed by atoms with Crippen molar-refractivity contribution < 1.29 is 34.8 Å². The lowest BCUT2D eigenvalue weighted by Gasteiger charge is -2.01. The molecule has 0 aliphatic heterocycles. The molecular formula is C11H21N5O7. The second kappa shape index (κ2) is 13.1. The summed E-state index contributed by atoms with van der Waals surface area (Å²) in [7, 11) is 0. The first kappa shape index (κ1) is 22.7. The number of aromatic amines is 1. The van der Waals surface area contributed by atoms with E-state index in [9.17, 15) is 14.4 Å². The number of H-pyrrole nitrogens is 1. The Labute approximate surface area is 130 Å². The second-order valence-electron chi connectivity index (χ2n) is 3.93. The number of carbonyl (C=O) groups is 3. The largest absolute Gasteiger partial charge is 0.480 e. The molecule has 0 aliphatic carbocycles. The molecule has 0 spiro atoms. The Morgan fingerprint density at radius 2 is 1.61 bits per heavy atom. The summed E-state index contributed by atoms with van der Waals surface area (Å²) in [5.74, 6) is -3.15. The number of carboxylic acid groups (broad SMARTS) is 3. The highest BCUT2D eigenvalue weighted by Crippen LogP contribution is 1.95. The number of nitrogens with zero attached hydrogens (tertiary/aromatic N) is 1. The Morgan fingerprint density at radius 1 is 1.13 bits per heavy atom. The van der Waals surface area contributed by atoms with Crippen molar-refractivity contribution in [3.05, 3.63) is 18.2 Å². The summed E-state index contributed by atoms with van der Waals surface area (Å²) in [5, 5.41) is 31.9. The number of aliphatic hydroxyl groups is 1. The van der Waals surface area contributed by atoms with E-state index in [1.54, 1.807) is 6.20 Å². The number of nitrogens with two attached hydrogens (primary N) is 3. The fourth-order valence-electron chi connectivity index (χ4n) is 0.793. The van der Waals surface area contributed by atoms with Crippen LogP contribution in [0.4, 0.5) is 0 Å². The van der Waals surface area contributed by atoms with Gasteiger partial charge in [0.2, 0.25) is 0 Å². The summed E-state index contributed by atoms with van der Waals surface area (Å²) in [6.07, 6.45) is 3.38. The zero-order valence-electron chi connectivity index (χ0n) is 12.1. The number of aliphatic carboxylic acids is 3. The minimum Gasteiger partial charge on any atom is -0.480 e. The first-order valence-corrected chi connectivity index (χ1v) is 6.12. The minimum absolute atomic E-state index is 0.263. The van der Waals surface area contributed by atoms with Crippen LogP contribution in [0.2, 0.25) is 0 Å². The number of aliphatic hydroxyl groups excluding tert-OH is 1. The fraction of sp³-hybridized carbons (Fsp3) is 0.455. The molecule has 12 nitrogen and oxygen atoms in total. The van der Waals surface area contributed by atoms with E-state index in [4.69, 9.17) is 31.9 Å². The summed E-state index contributed by atoms with van der Waals surface area (Å²) >= 11 is 0. The summed E-state index contributed by atoms with van der Waals surface area (Å²) < 4.78 is 0. The molecule has 1 rings (SSSR count). The van der Waals surface area contributed by atoms with Crippen LogP contribution in [-0.4, -0.2) is 73.5 Å². The Hall–Kier alpha value is -2.54. The highest BCUT2D eigenvalue weighted by atomic mass is 16.4. The van der Waals surface area contributed by atoms with Crippen molar-refractivity contribution in [3.63, 3.8) is 0 Å². The maximum Gasteiger partial charge on any atom is 0.322 e. The van der Waals surface area contributed by atoms with Gasteiger partial charge in [0.1, 0.15) is 12.1 Å².